The van der Waals surface area contributed by atoms with E-state index in [2.05, 4.69) is 104 Å². The number of hydrogen-bond acceptors (Lipinski definition) is 3. The van der Waals surface area contributed by atoms with Gasteiger partial charge in [0.15, 0.2) is 0 Å². The molecule has 0 amide bonds. The zero-order valence-corrected chi connectivity index (χ0v) is 29.1. The third-order valence-electron chi connectivity index (χ3n) is 9.29. The van der Waals surface area contributed by atoms with Gasteiger partial charge >= 0.3 is 236 Å². The van der Waals surface area contributed by atoms with Crippen molar-refractivity contribution < 1.29 is 8.44 Å². The topological polar surface area (TPSA) is 27.7 Å². The Morgan fingerprint density at radius 2 is 0.378 bits per heavy atom. The minimum absolute atomic E-state index is 0.921. The molecule has 0 spiro atoms. The van der Waals surface area contributed by atoms with E-state index in [1.54, 1.807) is 0 Å². The standard InChI is InChI=1S/3C11H16O.Bi/c3*1-6-7(2)9(4)11(12)10(5)8(6)3;/h3*12H,1-5H3;/q;;;+3/p-3. The summed E-state index contributed by atoms with van der Waals surface area (Å²) in [5.74, 6) is 2.76. The van der Waals surface area contributed by atoms with Gasteiger partial charge in [-0.3, -0.25) is 0 Å². The van der Waals surface area contributed by atoms with Crippen molar-refractivity contribution >= 4 is 23.1 Å². The van der Waals surface area contributed by atoms with E-state index in [1.807, 2.05) is 0 Å². The van der Waals surface area contributed by atoms with Gasteiger partial charge in [-0.05, 0) is 0 Å². The Labute approximate surface area is 235 Å². The van der Waals surface area contributed by atoms with Crippen LogP contribution in [0.5, 0.6) is 17.2 Å². The molecule has 37 heavy (non-hydrogen) atoms. The second-order valence-electron chi connectivity index (χ2n) is 10.9. The molecule has 0 fully saturated rings. The molecule has 0 bridgehead atoms. The minimum atomic E-state index is -3.60. The summed E-state index contributed by atoms with van der Waals surface area (Å²) in [4.78, 5) is 0. The number of rotatable bonds is 6. The van der Waals surface area contributed by atoms with Crippen LogP contribution in [0, 0.1) is 104 Å². The Bertz CT molecular complexity index is 1140. The Kier molecular flexibility index (Phi) is 8.75. The van der Waals surface area contributed by atoms with Crippen molar-refractivity contribution in [3.63, 3.8) is 0 Å². The van der Waals surface area contributed by atoms with Crippen LogP contribution in [-0.4, -0.2) is 23.1 Å². The summed E-state index contributed by atoms with van der Waals surface area (Å²) in [6.07, 6.45) is 0. The van der Waals surface area contributed by atoms with Crippen molar-refractivity contribution in [2.45, 2.75) is 104 Å². The average Bonchev–Trinajstić information content (AvgIpc) is 2.88. The van der Waals surface area contributed by atoms with E-state index in [9.17, 15) is 0 Å². The molecule has 0 aliphatic rings. The van der Waals surface area contributed by atoms with Crippen LogP contribution >= 0.6 is 0 Å². The molecule has 3 rings (SSSR count). The van der Waals surface area contributed by atoms with Crippen LogP contribution in [0.1, 0.15) is 83.5 Å². The first-order valence-corrected chi connectivity index (χ1v) is 17.4. The van der Waals surface area contributed by atoms with E-state index in [0.717, 1.165) is 17.2 Å². The van der Waals surface area contributed by atoms with Crippen LogP contribution in [0.25, 0.3) is 0 Å². The summed E-state index contributed by atoms with van der Waals surface area (Å²) in [6.45, 7) is 32.6. The van der Waals surface area contributed by atoms with Gasteiger partial charge in [0.1, 0.15) is 0 Å². The van der Waals surface area contributed by atoms with Gasteiger partial charge in [-0.15, -0.1) is 0 Å². The molecule has 200 valence electrons. The van der Waals surface area contributed by atoms with Gasteiger partial charge in [-0.25, -0.2) is 0 Å². The fourth-order valence-corrected chi connectivity index (χ4v) is 10.5. The monoisotopic (exact) mass is 698 g/mol. The predicted octanol–water partition coefficient (Wildman–Crippen LogP) is 8.83. The molecule has 0 heterocycles. The molecule has 4 heteroatoms. The van der Waals surface area contributed by atoms with Crippen molar-refractivity contribution in [3.8, 4) is 17.2 Å². The summed E-state index contributed by atoms with van der Waals surface area (Å²) in [5.41, 5.74) is 18.6. The van der Waals surface area contributed by atoms with Crippen LogP contribution < -0.4 is 8.44 Å². The molecule has 3 nitrogen and oxygen atoms in total. The van der Waals surface area contributed by atoms with Gasteiger partial charge in [-0.2, -0.15) is 0 Å². The summed E-state index contributed by atoms with van der Waals surface area (Å²) >= 11 is -3.60. The SMILES string of the molecule is Cc1c(C)c(C)c([O][Bi]([O]c2c(C)c(C)c(C)c(C)c2C)[O]c2c(C)c(C)c(C)c(C)c2C)c(C)c1C. The Balaban J connectivity index is 2.22. The maximum absolute atomic E-state index is 6.90. The Morgan fingerprint density at radius 3 is 0.541 bits per heavy atom. The molecule has 0 N–H and O–H groups in total. The fraction of sp³-hybridized carbons (Fsp3) is 0.455. The first-order chi connectivity index (χ1) is 17.1. The van der Waals surface area contributed by atoms with Gasteiger partial charge in [0, 0.05) is 0 Å². The molecular weight excluding hydrogens is 653 g/mol. The second kappa shape index (κ2) is 11.0. The summed E-state index contributed by atoms with van der Waals surface area (Å²) in [7, 11) is 0. The van der Waals surface area contributed by atoms with Crippen LogP contribution in [0.4, 0.5) is 0 Å². The van der Waals surface area contributed by atoms with Gasteiger partial charge in [0.2, 0.25) is 0 Å². The van der Waals surface area contributed by atoms with Crippen molar-refractivity contribution in [3.05, 3.63) is 83.5 Å². The summed E-state index contributed by atoms with van der Waals surface area (Å²) in [5, 5.41) is 0. The predicted molar refractivity (Wildman–Crippen MR) is 158 cm³/mol. The normalized spacial score (nSPS) is 11.4. The van der Waals surface area contributed by atoms with Crippen molar-refractivity contribution in [2.24, 2.45) is 0 Å². The molecule has 0 saturated heterocycles. The molecule has 0 radical (unpaired) electrons. The average molecular weight is 699 g/mol. The molecule has 0 aromatic heterocycles. The molecule has 3 aromatic carbocycles. The first-order valence-electron chi connectivity index (χ1n) is 13.2. The van der Waals surface area contributed by atoms with Crippen molar-refractivity contribution in [1.82, 2.24) is 0 Å². The number of hydrogen-bond donors (Lipinski definition) is 0. The number of benzene rings is 3. The van der Waals surface area contributed by atoms with E-state index in [-0.39, 0.29) is 0 Å². The quantitative estimate of drug-likeness (QED) is 0.241. The van der Waals surface area contributed by atoms with E-state index < -0.39 is 23.1 Å². The van der Waals surface area contributed by atoms with Crippen LogP contribution in [-0.2, 0) is 0 Å². The van der Waals surface area contributed by atoms with Crippen LogP contribution in [0.3, 0.4) is 0 Å². The van der Waals surface area contributed by atoms with Crippen LogP contribution in [0.15, 0.2) is 0 Å². The zero-order chi connectivity index (χ0) is 28.1. The second-order valence-corrected chi connectivity index (χ2v) is 14.7. The van der Waals surface area contributed by atoms with Crippen molar-refractivity contribution in [1.29, 1.82) is 0 Å². The van der Waals surface area contributed by atoms with Gasteiger partial charge in [0.05, 0.1) is 0 Å². The van der Waals surface area contributed by atoms with E-state index in [1.165, 1.54) is 83.5 Å². The maximum atomic E-state index is 6.90. The summed E-state index contributed by atoms with van der Waals surface area (Å²) in [6, 6.07) is 0. The molecule has 0 saturated carbocycles. The van der Waals surface area contributed by atoms with Gasteiger partial charge in [-0.1, -0.05) is 0 Å². The van der Waals surface area contributed by atoms with Crippen LogP contribution in [0.2, 0.25) is 0 Å². The molecule has 0 aliphatic heterocycles. The molecule has 0 aliphatic carbocycles. The molecular formula is C33H45BiO3. The zero-order valence-electron chi connectivity index (χ0n) is 25.7. The first kappa shape index (κ1) is 29.5. The third-order valence-corrected chi connectivity index (χ3v) is 13.2. The summed E-state index contributed by atoms with van der Waals surface area (Å²) < 4.78 is 20.7. The van der Waals surface area contributed by atoms with E-state index >= 15 is 0 Å². The molecule has 3 aromatic rings. The van der Waals surface area contributed by atoms with E-state index in [0.29, 0.717) is 0 Å². The Hall–Kier alpha value is -2.06. The van der Waals surface area contributed by atoms with E-state index in [4.69, 9.17) is 8.44 Å². The third kappa shape index (κ3) is 5.16. The molecule has 0 atom stereocenters. The Morgan fingerprint density at radius 1 is 0.243 bits per heavy atom. The van der Waals surface area contributed by atoms with Gasteiger partial charge in [0.25, 0.3) is 0 Å². The molecule has 0 unspecified atom stereocenters. The van der Waals surface area contributed by atoms with Crippen molar-refractivity contribution in [2.75, 3.05) is 0 Å². The fourth-order valence-electron chi connectivity index (χ4n) is 5.09. The van der Waals surface area contributed by atoms with Gasteiger partial charge < -0.3 is 0 Å².